The second kappa shape index (κ2) is 4.21. The molecule has 1 aromatic carbocycles. The number of aryl methyl sites for hydroxylation is 1. The van der Waals surface area contributed by atoms with Crippen LogP contribution < -0.4 is 0 Å². The van der Waals surface area contributed by atoms with Crippen molar-refractivity contribution >= 4 is 11.8 Å². The van der Waals surface area contributed by atoms with E-state index in [1.54, 1.807) is 11.1 Å². The molecule has 2 rings (SSSR count). The Morgan fingerprint density at radius 1 is 1.33 bits per heavy atom. The van der Waals surface area contributed by atoms with Crippen LogP contribution >= 0.6 is 11.8 Å². The molecule has 15 heavy (non-hydrogen) atoms. The maximum absolute atomic E-state index is 2.40. The van der Waals surface area contributed by atoms with Crippen LogP contribution in [0.4, 0.5) is 0 Å². The van der Waals surface area contributed by atoms with Crippen molar-refractivity contribution in [2.24, 2.45) is 0 Å². The highest BCUT2D eigenvalue weighted by Gasteiger charge is 2.35. The minimum Gasteiger partial charge on any atom is -0.158 e. The van der Waals surface area contributed by atoms with Crippen molar-refractivity contribution in [2.75, 3.05) is 5.75 Å². The van der Waals surface area contributed by atoms with Crippen molar-refractivity contribution in [2.45, 2.75) is 44.3 Å². The standard InChI is InChI=1S/C14H20S/c1-4-15-13-10-9-11-7-5-6-8-12(11)14(13,2)3/h5-8,13H,4,9-10H2,1-3H3. The monoisotopic (exact) mass is 220 g/mol. The molecule has 1 unspecified atom stereocenters. The molecule has 1 atom stereocenters. The molecule has 0 saturated carbocycles. The van der Waals surface area contributed by atoms with Gasteiger partial charge in [-0.05, 0) is 29.7 Å². The van der Waals surface area contributed by atoms with Crippen molar-refractivity contribution in [3.05, 3.63) is 35.4 Å². The lowest BCUT2D eigenvalue weighted by Crippen LogP contribution is -2.36. The first kappa shape index (κ1) is 11.1. The van der Waals surface area contributed by atoms with Gasteiger partial charge in [0, 0.05) is 10.7 Å². The molecule has 0 bridgehead atoms. The second-order valence-electron chi connectivity index (χ2n) is 4.86. The number of hydrogen-bond acceptors (Lipinski definition) is 1. The maximum atomic E-state index is 2.40. The lowest BCUT2D eigenvalue weighted by atomic mass is 9.72. The summed E-state index contributed by atoms with van der Waals surface area (Å²) in [6.07, 6.45) is 2.60. The SMILES string of the molecule is CCSC1CCc2ccccc2C1(C)C. The van der Waals surface area contributed by atoms with Crippen LogP contribution in [0.5, 0.6) is 0 Å². The highest BCUT2D eigenvalue weighted by molar-refractivity contribution is 7.99. The fraction of sp³-hybridized carbons (Fsp3) is 0.571. The van der Waals surface area contributed by atoms with Gasteiger partial charge in [-0.2, -0.15) is 11.8 Å². The molecule has 0 spiro atoms. The van der Waals surface area contributed by atoms with Crippen LogP contribution in [0.25, 0.3) is 0 Å². The molecule has 0 N–H and O–H groups in total. The van der Waals surface area contributed by atoms with Crippen LogP contribution in [0.15, 0.2) is 24.3 Å². The quantitative estimate of drug-likeness (QED) is 0.725. The summed E-state index contributed by atoms with van der Waals surface area (Å²) in [6.45, 7) is 7.07. The first-order valence-electron chi connectivity index (χ1n) is 5.86. The highest BCUT2D eigenvalue weighted by Crippen LogP contribution is 2.42. The van der Waals surface area contributed by atoms with Gasteiger partial charge < -0.3 is 0 Å². The van der Waals surface area contributed by atoms with Crippen molar-refractivity contribution in [1.29, 1.82) is 0 Å². The minimum atomic E-state index is 0.343. The summed E-state index contributed by atoms with van der Waals surface area (Å²) < 4.78 is 0. The van der Waals surface area contributed by atoms with Gasteiger partial charge >= 0.3 is 0 Å². The van der Waals surface area contributed by atoms with E-state index in [0.29, 0.717) is 5.41 Å². The third kappa shape index (κ3) is 1.94. The fourth-order valence-corrected chi connectivity index (χ4v) is 3.91. The van der Waals surface area contributed by atoms with E-state index < -0.39 is 0 Å². The summed E-state index contributed by atoms with van der Waals surface area (Å²) in [5.74, 6) is 1.23. The number of thioether (sulfide) groups is 1. The Labute approximate surface area is 97.5 Å². The molecule has 1 heteroatoms. The zero-order chi connectivity index (χ0) is 10.9. The fourth-order valence-electron chi connectivity index (χ4n) is 2.68. The third-order valence-electron chi connectivity index (χ3n) is 3.56. The van der Waals surface area contributed by atoms with E-state index in [4.69, 9.17) is 0 Å². The van der Waals surface area contributed by atoms with Gasteiger partial charge in [0.2, 0.25) is 0 Å². The van der Waals surface area contributed by atoms with Gasteiger partial charge in [-0.3, -0.25) is 0 Å². The average Bonchev–Trinajstić information content (AvgIpc) is 2.23. The second-order valence-corrected chi connectivity index (χ2v) is 6.34. The van der Waals surface area contributed by atoms with Gasteiger partial charge in [-0.15, -0.1) is 0 Å². The van der Waals surface area contributed by atoms with Crippen LogP contribution in [0, 0.1) is 0 Å². The van der Waals surface area contributed by atoms with E-state index in [9.17, 15) is 0 Å². The first-order valence-corrected chi connectivity index (χ1v) is 6.91. The Balaban J connectivity index is 2.36. The number of benzene rings is 1. The van der Waals surface area contributed by atoms with E-state index in [-0.39, 0.29) is 0 Å². The third-order valence-corrected chi connectivity index (χ3v) is 5.12. The summed E-state index contributed by atoms with van der Waals surface area (Å²) in [5, 5.41) is 0.789. The Bertz CT molecular complexity index is 341. The number of fused-ring (bicyclic) bond motifs is 1. The topological polar surface area (TPSA) is 0 Å². The van der Waals surface area contributed by atoms with Crippen molar-refractivity contribution in [1.82, 2.24) is 0 Å². The molecule has 0 nitrogen and oxygen atoms in total. The molecule has 1 aliphatic rings. The summed E-state index contributed by atoms with van der Waals surface area (Å²) in [7, 11) is 0. The first-order chi connectivity index (χ1) is 7.16. The van der Waals surface area contributed by atoms with Gasteiger partial charge in [-0.25, -0.2) is 0 Å². The van der Waals surface area contributed by atoms with E-state index in [2.05, 4.69) is 56.8 Å². The van der Waals surface area contributed by atoms with Gasteiger partial charge in [0.05, 0.1) is 0 Å². The molecule has 0 heterocycles. The Morgan fingerprint density at radius 3 is 2.80 bits per heavy atom. The molecule has 0 radical (unpaired) electrons. The molecular formula is C14H20S. The lowest BCUT2D eigenvalue weighted by Gasteiger charge is -2.40. The largest absolute Gasteiger partial charge is 0.158 e. The summed E-state index contributed by atoms with van der Waals surface area (Å²) in [6, 6.07) is 8.96. The minimum absolute atomic E-state index is 0.343. The maximum Gasteiger partial charge on any atom is 0.0142 e. The Morgan fingerprint density at radius 2 is 2.07 bits per heavy atom. The van der Waals surface area contributed by atoms with Gasteiger partial charge in [-0.1, -0.05) is 45.0 Å². The van der Waals surface area contributed by atoms with Crippen LogP contribution in [-0.2, 0) is 11.8 Å². The normalized spacial score (nSPS) is 23.5. The molecule has 0 aliphatic heterocycles. The Kier molecular flexibility index (Phi) is 3.11. The van der Waals surface area contributed by atoms with Crippen LogP contribution in [0.3, 0.4) is 0 Å². The smallest absolute Gasteiger partial charge is 0.0142 e. The van der Waals surface area contributed by atoms with Crippen molar-refractivity contribution < 1.29 is 0 Å². The molecule has 82 valence electrons. The molecule has 0 fully saturated rings. The van der Waals surface area contributed by atoms with E-state index in [0.717, 1.165) is 5.25 Å². The zero-order valence-corrected chi connectivity index (χ0v) is 10.7. The summed E-state index contributed by atoms with van der Waals surface area (Å²) >= 11 is 2.12. The van der Waals surface area contributed by atoms with E-state index >= 15 is 0 Å². The van der Waals surface area contributed by atoms with Crippen LogP contribution in [0.1, 0.15) is 38.3 Å². The number of rotatable bonds is 2. The zero-order valence-electron chi connectivity index (χ0n) is 9.92. The Hall–Kier alpha value is -0.430. The molecule has 1 aliphatic carbocycles. The van der Waals surface area contributed by atoms with Gasteiger partial charge in [0.15, 0.2) is 0 Å². The molecule has 0 saturated heterocycles. The summed E-state index contributed by atoms with van der Waals surface area (Å²) in [4.78, 5) is 0. The predicted octanol–water partition coefficient (Wildman–Crippen LogP) is 4.03. The van der Waals surface area contributed by atoms with E-state index in [1.807, 2.05) is 0 Å². The highest BCUT2D eigenvalue weighted by atomic mass is 32.2. The van der Waals surface area contributed by atoms with E-state index in [1.165, 1.54) is 18.6 Å². The lowest BCUT2D eigenvalue weighted by molar-refractivity contribution is 0.447. The van der Waals surface area contributed by atoms with Crippen molar-refractivity contribution in [3.63, 3.8) is 0 Å². The average molecular weight is 220 g/mol. The molecule has 1 aromatic rings. The van der Waals surface area contributed by atoms with Gasteiger partial charge in [0.1, 0.15) is 0 Å². The van der Waals surface area contributed by atoms with Crippen LogP contribution in [-0.4, -0.2) is 11.0 Å². The van der Waals surface area contributed by atoms with Crippen molar-refractivity contribution in [3.8, 4) is 0 Å². The number of hydrogen-bond donors (Lipinski definition) is 0. The molecule has 0 aromatic heterocycles. The van der Waals surface area contributed by atoms with Crippen LogP contribution in [0.2, 0.25) is 0 Å². The summed E-state index contributed by atoms with van der Waals surface area (Å²) in [5.41, 5.74) is 3.48. The predicted molar refractivity (Wildman–Crippen MR) is 69.7 cm³/mol. The molecule has 0 amide bonds. The van der Waals surface area contributed by atoms with Gasteiger partial charge in [0.25, 0.3) is 0 Å². The molecular weight excluding hydrogens is 200 g/mol.